The smallest absolute Gasteiger partial charge is 0.233 e. The third-order valence-electron chi connectivity index (χ3n) is 3.32. The Balaban J connectivity index is 1.89. The van der Waals surface area contributed by atoms with E-state index in [9.17, 15) is 8.42 Å². The first kappa shape index (κ1) is 18.0. The van der Waals surface area contributed by atoms with Crippen molar-refractivity contribution in [2.24, 2.45) is 0 Å². The number of ether oxygens (including phenoxy) is 1. The molecule has 0 unspecified atom stereocenters. The molecule has 0 radical (unpaired) electrons. The minimum Gasteiger partial charge on any atom is -0.497 e. The largest absolute Gasteiger partial charge is 0.497 e. The summed E-state index contributed by atoms with van der Waals surface area (Å²) in [5.74, 6) is 1.68. The van der Waals surface area contributed by atoms with Crippen molar-refractivity contribution in [1.29, 1.82) is 0 Å². The molecule has 0 atom stereocenters. The standard InChI is InChI=1S/C16H22N4O3S/c1-3-4-11-24(21,22)20-16-10-9-15(18-19-16)17-12-13-5-7-14(23-2)8-6-13/h5-10H,3-4,11-12H2,1-2H3,(H,17,18)(H,19,20). The second kappa shape index (κ2) is 8.49. The van der Waals surface area contributed by atoms with Crippen LogP contribution in [-0.4, -0.2) is 31.5 Å². The second-order valence-electron chi connectivity index (χ2n) is 5.28. The molecule has 2 aromatic rings. The van der Waals surface area contributed by atoms with Gasteiger partial charge in [-0.05, 0) is 36.2 Å². The van der Waals surface area contributed by atoms with Crippen molar-refractivity contribution < 1.29 is 13.2 Å². The van der Waals surface area contributed by atoms with E-state index in [1.54, 1.807) is 19.2 Å². The van der Waals surface area contributed by atoms with Gasteiger partial charge < -0.3 is 10.1 Å². The average Bonchev–Trinajstić information content (AvgIpc) is 2.59. The van der Waals surface area contributed by atoms with E-state index in [1.807, 2.05) is 31.2 Å². The van der Waals surface area contributed by atoms with Crippen LogP contribution < -0.4 is 14.8 Å². The van der Waals surface area contributed by atoms with E-state index in [0.29, 0.717) is 18.8 Å². The van der Waals surface area contributed by atoms with Crippen LogP contribution in [0.5, 0.6) is 5.75 Å². The molecule has 0 aliphatic heterocycles. The summed E-state index contributed by atoms with van der Waals surface area (Å²) in [5, 5.41) is 11.0. The summed E-state index contributed by atoms with van der Waals surface area (Å²) in [6.45, 7) is 2.53. The summed E-state index contributed by atoms with van der Waals surface area (Å²) in [7, 11) is -1.73. The fourth-order valence-electron chi connectivity index (χ4n) is 1.96. The van der Waals surface area contributed by atoms with Crippen molar-refractivity contribution in [3.05, 3.63) is 42.0 Å². The van der Waals surface area contributed by atoms with Crippen LogP contribution in [0.4, 0.5) is 11.6 Å². The molecule has 2 N–H and O–H groups in total. The van der Waals surface area contributed by atoms with E-state index in [1.165, 1.54) is 0 Å². The Morgan fingerprint density at radius 1 is 1.04 bits per heavy atom. The molecule has 1 aromatic heterocycles. The van der Waals surface area contributed by atoms with E-state index in [0.717, 1.165) is 17.7 Å². The highest BCUT2D eigenvalue weighted by Gasteiger charge is 2.10. The Bertz CT molecular complexity index is 731. The number of benzene rings is 1. The molecule has 0 bridgehead atoms. The minimum atomic E-state index is -3.36. The lowest BCUT2D eigenvalue weighted by molar-refractivity contribution is 0.414. The van der Waals surface area contributed by atoms with Gasteiger partial charge in [-0.3, -0.25) is 4.72 Å². The highest BCUT2D eigenvalue weighted by Crippen LogP contribution is 2.13. The van der Waals surface area contributed by atoms with Crippen molar-refractivity contribution in [1.82, 2.24) is 10.2 Å². The normalized spacial score (nSPS) is 11.1. The maximum atomic E-state index is 11.8. The van der Waals surface area contributed by atoms with Gasteiger partial charge in [-0.25, -0.2) is 8.42 Å². The number of rotatable bonds is 9. The topological polar surface area (TPSA) is 93.2 Å². The zero-order chi connectivity index (χ0) is 17.4. The molecule has 0 aliphatic carbocycles. The Morgan fingerprint density at radius 3 is 2.29 bits per heavy atom. The number of aromatic nitrogens is 2. The third kappa shape index (κ3) is 5.69. The van der Waals surface area contributed by atoms with Crippen LogP contribution in [0.2, 0.25) is 0 Å². The highest BCUT2D eigenvalue weighted by atomic mass is 32.2. The lowest BCUT2D eigenvalue weighted by Crippen LogP contribution is -2.17. The summed E-state index contributed by atoms with van der Waals surface area (Å²) in [6.07, 6.45) is 1.44. The van der Waals surface area contributed by atoms with Gasteiger partial charge in [0.1, 0.15) is 11.6 Å². The van der Waals surface area contributed by atoms with Gasteiger partial charge in [0.15, 0.2) is 5.82 Å². The highest BCUT2D eigenvalue weighted by molar-refractivity contribution is 7.92. The summed E-state index contributed by atoms with van der Waals surface area (Å²) >= 11 is 0. The van der Waals surface area contributed by atoms with E-state index < -0.39 is 10.0 Å². The van der Waals surface area contributed by atoms with Crippen molar-refractivity contribution >= 4 is 21.7 Å². The quantitative estimate of drug-likeness (QED) is 0.722. The zero-order valence-electron chi connectivity index (χ0n) is 13.8. The van der Waals surface area contributed by atoms with Crippen LogP contribution in [0, 0.1) is 0 Å². The lowest BCUT2D eigenvalue weighted by atomic mass is 10.2. The molecule has 130 valence electrons. The number of methoxy groups -OCH3 is 1. The minimum absolute atomic E-state index is 0.0860. The van der Waals surface area contributed by atoms with Gasteiger partial charge in [0.25, 0.3) is 0 Å². The Hall–Kier alpha value is -2.35. The van der Waals surface area contributed by atoms with E-state index in [2.05, 4.69) is 20.2 Å². The van der Waals surface area contributed by atoms with E-state index in [4.69, 9.17) is 4.74 Å². The molecular formula is C16H22N4O3S. The molecule has 0 saturated carbocycles. The first-order chi connectivity index (χ1) is 11.5. The molecule has 0 fully saturated rings. The van der Waals surface area contributed by atoms with Crippen LogP contribution in [-0.2, 0) is 16.6 Å². The van der Waals surface area contributed by atoms with Crippen molar-refractivity contribution in [2.75, 3.05) is 22.9 Å². The molecule has 0 amide bonds. The molecule has 0 saturated heterocycles. The molecule has 1 aromatic carbocycles. The van der Waals surface area contributed by atoms with Crippen molar-refractivity contribution in [3.63, 3.8) is 0 Å². The van der Waals surface area contributed by atoms with E-state index in [-0.39, 0.29) is 11.6 Å². The van der Waals surface area contributed by atoms with Gasteiger partial charge in [-0.2, -0.15) is 0 Å². The fraction of sp³-hybridized carbons (Fsp3) is 0.375. The predicted molar refractivity (Wildman–Crippen MR) is 94.7 cm³/mol. The first-order valence-electron chi connectivity index (χ1n) is 7.73. The third-order valence-corrected chi connectivity index (χ3v) is 4.67. The number of hydrogen-bond donors (Lipinski definition) is 2. The molecule has 2 rings (SSSR count). The molecule has 24 heavy (non-hydrogen) atoms. The maximum Gasteiger partial charge on any atom is 0.233 e. The van der Waals surface area contributed by atoms with E-state index >= 15 is 0 Å². The number of anilines is 2. The number of nitrogens with zero attached hydrogens (tertiary/aromatic N) is 2. The Kier molecular flexibility index (Phi) is 6.36. The number of nitrogens with one attached hydrogen (secondary N) is 2. The summed E-state index contributed by atoms with van der Waals surface area (Å²) in [6, 6.07) is 11.0. The zero-order valence-corrected chi connectivity index (χ0v) is 14.6. The molecule has 7 nitrogen and oxygen atoms in total. The van der Waals surface area contributed by atoms with Gasteiger partial charge in [-0.15, -0.1) is 10.2 Å². The predicted octanol–water partition coefficient (Wildman–Crippen LogP) is 2.64. The van der Waals surface area contributed by atoms with Gasteiger partial charge in [0, 0.05) is 6.54 Å². The second-order valence-corrected chi connectivity index (χ2v) is 7.12. The first-order valence-corrected chi connectivity index (χ1v) is 9.38. The van der Waals surface area contributed by atoms with Gasteiger partial charge >= 0.3 is 0 Å². The lowest BCUT2D eigenvalue weighted by Gasteiger charge is -2.08. The maximum absolute atomic E-state index is 11.8. The van der Waals surface area contributed by atoms with Crippen molar-refractivity contribution in [2.45, 2.75) is 26.3 Å². The van der Waals surface area contributed by atoms with Crippen LogP contribution >= 0.6 is 0 Å². The summed E-state index contributed by atoms with van der Waals surface area (Å²) in [5.41, 5.74) is 1.07. The Morgan fingerprint density at radius 2 is 1.71 bits per heavy atom. The average molecular weight is 350 g/mol. The SMILES string of the molecule is CCCCS(=O)(=O)Nc1ccc(NCc2ccc(OC)cc2)nn1. The number of hydrogen-bond acceptors (Lipinski definition) is 6. The number of sulfonamides is 1. The van der Waals surface area contributed by atoms with Gasteiger partial charge in [0.2, 0.25) is 10.0 Å². The molecule has 0 spiro atoms. The fourth-order valence-corrected chi connectivity index (χ4v) is 3.16. The van der Waals surface area contributed by atoms with Crippen LogP contribution in [0.25, 0.3) is 0 Å². The van der Waals surface area contributed by atoms with Gasteiger partial charge in [-0.1, -0.05) is 25.5 Å². The number of unbranched alkanes of at least 4 members (excludes halogenated alkanes) is 1. The summed E-state index contributed by atoms with van der Waals surface area (Å²) in [4.78, 5) is 0. The van der Waals surface area contributed by atoms with Crippen LogP contribution in [0.15, 0.2) is 36.4 Å². The van der Waals surface area contributed by atoms with Gasteiger partial charge in [0.05, 0.1) is 12.9 Å². The van der Waals surface area contributed by atoms with Crippen molar-refractivity contribution in [3.8, 4) is 5.75 Å². The molecule has 1 heterocycles. The Labute approximate surface area is 142 Å². The molecular weight excluding hydrogens is 328 g/mol. The van der Waals surface area contributed by atoms with Crippen LogP contribution in [0.1, 0.15) is 25.3 Å². The molecule has 0 aliphatic rings. The monoisotopic (exact) mass is 350 g/mol. The van der Waals surface area contributed by atoms with Crippen LogP contribution in [0.3, 0.4) is 0 Å². The molecule has 8 heteroatoms. The summed E-state index contributed by atoms with van der Waals surface area (Å²) < 4.78 is 31.1.